The van der Waals surface area contributed by atoms with Crippen LogP contribution in [0.5, 0.6) is 5.75 Å². The Morgan fingerprint density at radius 1 is 1.29 bits per heavy atom. The third-order valence-electron chi connectivity index (χ3n) is 2.98. The quantitative estimate of drug-likeness (QED) is 0.832. The molecule has 1 atom stereocenters. The predicted molar refractivity (Wildman–Crippen MR) is 79.1 cm³/mol. The van der Waals surface area contributed by atoms with Gasteiger partial charge in [0.15, 0.2) is 5.75 Å². The van der Waals surface area contributed by atoms with Crippen molar-refractivity contribution in [3.63, 3.8) is 0 Å². The Hall–Kier alpha value is -1.31. The monoisotopic (exact) mass is 335 g/mol. The number of nitrogens with two attached hydrogens (primary N) is 1. The minimum Gasteiger partial charge on any atom is -0.494 e. The zero-order valence-electron chi connectivity index (χ0n) is 12.2. The highest BCUT2D eigenvalue weighted by Crippen LogP contribution is 2.32. The molecular formula is C13H18ClNO5S. The van der Waals surface area contributed by atoms with E-state index in [1.165, 1.54) is 13.2 Å². The van der Waals surface area contributed by atoms with E-state index in [0.29, 0.717) is 0 Å². The van der Waals surface area contributed by atoms with Crippen molar-refractivity contribution < 1.29 is 22.7 Å². The molecule has 0 aromatic heterocycles. The van der Waals surface area contributed by atoms with Gasteiger partial charge in [-0.3, -0.25) is 0 Å². The number of esters is 1. The SMILES string of the molecule is COc1c(C(=O)OC(C)C(C)C)cc(Cl)cc1S(N)(=O)=O. The first-order chi connectivity index (χ1) is 9.57. The number of primary sulfonamides is 1. The van der Waals surface area contributed by atoms with Crippen molar-refractivity contribution in [1.82, 2.24) is 0 Å². The van der Waals surface area contributed by atoms with Crippen LogP contribution in [0.25, 0.3) is 0 Å². The van der Waals surface area contributed by atoms with Gasteiger partial charge in [0, 0.05) is 5.02 Å². The van der Waals surface area contributed by atoms with Gasteiger partial charge in [-0.05, 0) is 25.0 Å². The summed E-state index contributed by atoms with van der Waals surface area (Å²) in [6, 6.07) is 2.41. The minimum absolute atomic E-state index is 0.0453. The fourth-order valence-electron chi connectivity index (χ4n) is 1.51. The highest BCUT2D eigenvalue weighted by molar-refractivity contribution is 7.89. The number of sulfonamides is 1. The first-order valence-corrected chi connectivity index (χ1v) is 8.11. The second-order valence-electron chi connectivity index (χ2n) is 4.88. The third-order valence-corrected chi connectivity index (χ3v) is 4.12. The largest absolute Gasteiger partial charge is 0.494 e. The summed E-state index contributed by atoms with van der Waals surface area (Å²) in [5.74, 6) is -0.792. The molecule has 0 aliphatic carbocycles. The normalized spacial score (nSPS) is 13.1. The molecule has 0 aliphatic heterocycles. The molecule has 0 spiro atoms. The van der Waals surface area contributed by atoms with Gasteiger partial charge in [-0.15, -0.1) is 0 Å². The predicted octanol–water partition coefficient (Wildman–Crippen LogP) is 2.20. The minimum atomic E-state index is -4.09. The summed E-state index contributed by atoms with van der Waals surface area (Å²) in [7, 11) is -2.85. The van der Waals surface area contributed by atoms with Gasteiger partial charge < -0.3 is 9.47 Å². The van der Waals surface area contributed by atoms with Crippen LogP contribution in [-0.2, 0) is 14.8 Å². The van der Waals surface area contributed by atoms with Gasteiger partial charge in [-0.2, -0.15) is 0 Å². The van der Waals surface area contributed by atoms with E-state index in [1.807, 2.05) is 13.8 Å². The van der Waals surface area contributed by atoms with Crippen LogP contribution < -0.4 is 9.88 Å². The molecule has 0 amide bonds. The lowest BCUT2D eigenvalue weighted by Gasteiger charge is -2.18. The van der Waals surface area contributed by atoms with Crippen molar-refractivity contribution in [3.05, 3.63) is 22.7 Å². The Balaban J connectivity index is 3.36. The van der Waals surface area contributed by atoms with Crippen molar-refractivity contribution in [1.29, 1.82) is 0 Å². The molecule has 0 bridgehead atoms. The number of carbonyl (C=O) groups is 1. The average molecular weight is 336 g/mol. The lowest BCUT2D eigenvalue weighted by molar-refractivity contribution is 0.0234. The van der Waals surface area contributed by atoms with Gasteiger partial charge >= 0.3 is 5.97 Å². The summed E-state index contributed by atoms with van der Waals surface area (Å²) in [4.78, 5) is 11.8. The Kier molecular flexibility index (Phi) is 5.61. The fourth-order valence-corrected chi connectivity index (χ4v) is 2.54. The van der Waals surface area contributed by atoms with Gasteiger partial charge in [0.2, 0.25) is 10.0 Å². The van der Waals surface area contributed by atoms with E-state index in [-0.39, 0.29) is 33.3 Å². The molecule has 118 valence electrons. The summed E-state index contributed by atoms with van der Waals surface area (Å²) in [6.45, 7) is 5.52. The van der Waals surface area contributed by atoms with Crippen molar-refractivity contribution in [3.8, 4) is 5.75 Å². The van der Waals surface area contributed by atoms with E-state index in [4.69, 9.17) is 26.2 Å². The van der Waals surface area contributed by atoms with Crippen LogP contribution >= 0.6 is 11.6 Å². The van der Waals surface area contributed by atoms with E-state index < -0.39 is 16.0 Å². The molecule has 0 saturated heterocycles. The summed E-state index contributed by atoms with van der Waals surface area (Å²) >= 11 is 5.84. The standard InChI is InChI=1S/C13H18ClNO5S/c1-7(2)8(3)20-13(16)10-5-9(14)6-11(12(10)19-4)21(15,17)18/h5-8H,1-4H3,(H2,15,17,18). The first-order valence-electron chi connectivity index (χ1n) is 6.19. The molecule has 1 aromatic rings. The highest BCUT2D eigenvalue weighted by Gasteiger charge is 2.25. The lowest BCUT2D eigenvalue weighted by Crippen LogP contribution is -2.22. The van der Waals surface area contributed by atoms with Crippen LogP contribution in [-0.4, -0.2) is 27.6 Å². The van der Waals surface area contributed by atoms with E-state index in [2.05, 4.69) is 0 Å². The smallest absolute Gasteiger partial charge is 0.342 e. The van der Waals surface area contributed by atoms with Gasteiger partial charge in [0.1, 0.15) is 16.6 Å². The molecule has 1 unspecified atom stereocenters. The maximum atomic E-state index is 12.2. The Morgan fingerprint density at radius 3 is 2.29 bits per heavy atom. The maximum Gasteiger partial charge on any atom is 0.342 e. The van der Waals surface area contributed by atoms with Crippen molar-refractivity contribution in [2.45, 2.75) is 31.8 Å². The van der Waals surface area contributed by atoms with Gasteiger partial charge in [-0.25, -0.2) is 18.4 Å². The maximum absolute atomic E-state index is 12.2. The number of carbonyl (C=O) groups excluding carboxylic acids is 1. The molecule has 0 heterocycles. The molecule has 0 radical (unpaired) electrons. The molecular weight excluding hydrogens is 318 g/mol. The van der Waals surface area contributed by atoms with Gasteiger partial charge in [0.25, 0.3) is 0 Å². The number of hydrogen-bond acceptors (Lipinski definition) is 5. The average Bonchev–Trinajstić information content (AvgIpc) is 2.36. The van der Waals surface area contributed by atoms with Gasteiger partial charge in [0.05, 0.1) is 7.11 Å². The first kappa shape index (κ1) is 17.7. The number of rotatable bonds is 5. The lowest BCUT2D eigenvalue weighted by atomic mass is 10.1. The molecule has 2 N–H and O–H groups in total. The zero-order valence-corrected chi connectivity index (χ0v) is 13.8. The van der Waals surface area contributed by atoms with Crippen molar-refractivity contribution in [2.24, 2.45) is 11.1 Å². The zero-order chi connectivity index (χ0) is 16.4. The Bertz CT molecular complexity index is 642. The van der Waals surface area contributed by atoms with Crippen LogP contribution in [0.1, 0.15) is 31.1 Å². The van der Waals surface area contributed by atoms with E-state index in [9.17, 15) is 13.2 Å². The summed E-state index contributed by atoms with van der Waals surface area (Å²) in [5.41, 5.74) is -0.0819. The summed E-state index contributed by atoms with van der Waals surface area (Å²) < 4.78 is 33.4. The molecule has 1 rings (SSSR count). The molecule has 0 fully saturated rings. The van der Waals surface area contributed by atoms with E-state index in [0.717, 1.165) is 6.07 Å². The number of ether oxygens (including phenoxy) is 2. The summed E-state index contributed by atoms with van der Waals surface area (Å²) in [6.07, 6.45) is -0.348. The Morgan fingerprint density at radius 2 is 1.86 bits per heavy atom. The molecule has 8 heteroatoms. The second kappa shape index (κ2) is 6.64. The number of benzene rings is 1. The van der Waals surface area contributed by atoms with Crippen molar-refractivity contribution >= 4 is 27.6 Å². The topological polar surface area (TPSA) is 95.7 Å². The molecule has 0 saturated carbocycles. The van der Waals surface area contributed by atoms with Crippen LogP contribution in [0, 0.1) is 5.92 Å². The van der Waals surface area contributed by atoms with Gasteiger partial charge in [-0.1, -0.05) is 25.4 Å². The van der Waals surface area contributed by atoms with Crippen LogP contribution in [0.2, 0.25) is 5.02 Å². The molecule has 6 nitrogen and oxygen atoms in total. The molecule has 1 aromatic carbocycles. The van der Waals surface area contributed by atoms with Crippen LogP contribution in [0.15, 0.2) is 17.0 Å². The molecule has 0 aliphatic rings. The third kappa shape index (κ3) is 4.33. The summed E-state index contributed by atoms with van der Waals surface area (Å²) in [5, 5.41) is 5.15. The number of halogens is 1. The fraction of sp³-hybridized carbons (Fsp3) is 0.462. The van der Waals surface area contributed by atoms with Crippen LogP contribution in [0.4, 0.5) is 0 Å². The van der Waals surface area contributed by atoms with E-state index >= 15 is 0 Å². The Labute approximate surface area is 129 Å². The highest BCUT2D eigenvalue weighted by atomic mass is 35.5. The van der Waals surface area contributed by atoms with Crippen LogP contribution in [0.3, 0.4) is 0 Å². The van der Waals surface area contributed by atoms with E-state index in [1.54, 1.807) is 6.92 Å². The number of methoxy groups -OCH3 is 1. The molecule has 21 heavy (non-hydrogen) atoms. The van der Waals surface area contributed by atoms with Crippen molar-refractivity contribution in [2.75, 3.05) is 7.11 Å². The number of hydrogen-bond donors (Lipinski definition) is 1. The second-order valence-corrected chi connectivity index (χ2v) is 6.85.